The van der Waals surface area contributed by atoms with Gasteiger partial charge >= 0.3 is 5.97 Å². The average molecular weight is 452 g/mol. The van der Waals surface area contributed by atoms with Gasteiger partial charge in [-0.3, -0.25) is 24.0 Å². The normalized spacial score (nSPS) is 17.9. The van der Waals surface area contributed by atoms with Crippen LogP contribution in [0.1, 0.15) is 54.1 Å². The van der Waals surface area contributed by atoms with Gasteiger partial charge in [-0.05, 0) is 37.5 Å². The molecule has 9 heteroatoms. The van der Waals surface area contributed by atoms with Gasteiger partial charge in [0, 0.05) is 43.7 Å². The van der Waals surface area contributed by atoms with Crippen molar-refractivity contribution in [2.24, 2.45) is 0 Å². The monoisotopic (exact) mass is 451 g/mol. The third-order valence-electron chi connectivity index (χ3n) is 7.11. The third-order valence-corrected chi connectivity index (χ3v) is 7.11. The number of pyridine rings is 1. The highest BCUT2D eigenvalue weighted by Crippen LogP contribution is 2.34. The number of carbonyl (C=O) groups excluding carboxylic acids is 1. The van der Waals surface area contributed by atoms with Crippen molar-refractivity contribution in [2.75, 3.05) is 32.7 Å². The van der Waals surface area contributed by atoms with Crippen molar-refractivity contribution in [3.8, 4) is 0 Å². The minimum absolute atomic E-state index is 0.0291. The Kier molecular flexibility index (Phi) is 5.65. The maximum absolute atomic E-state index is 13.4. The molecule has 3 aromatic rings. The first-order valence-electron chi connectivity index (χ1n) is 11.7. The van der Waals surface area contributed by atoms with E-state index in [-0.39, 0.29) is 23.9 Å². The molecule has 1 aliphatic heterocycles. The van der Waals surface area contributed by atoms with Gasteiger partial charge in [0.1, 0.15) is 0 Å². The number of carboxylic acids is 1. The molecular formula is C24H29N5O4. The summed E-state index contributed by atoms with van der Waals surface area (Å²) < 4.78 is 1.99. The molecule has 5 rings (SSSR count). The SMILES string of the molecule is Cc1cc2[nH]c(=O)c3cnn(C4CCCC4)c3c2cc1C(=O)N1CCN(CCC(=O)O)CC1. The number of piperazine rings is 1. The number of amides is 1. The number of fused-ring (bicyclic) bond motifs is 3. The van der Waals surface area contributed by atoms with Gasteiger partial charge in [-0.15, -0.1) is 0 Å². The van der Waals surface area contributed by atoms with E-state index >= 15 is 0 Å². The molecular weight excluding hydrogens is 422 g/mol. The zero-order chi connectivity index (χ0) is 23.1. The van der Waals surface area contributed by atoms with E-state index in [1.807, 2.05) is 28.6 Å². The van der Waals surface area contributed by atoms with Crippen LogP contribution in [0, 0.1) is 6.92 Å². The van der Waals surface area contributed by atoms with Crippen LogP contribution in [0.4, 0.5) is 0 Å². The standard InChI is InChI=1S/C24H29N5O4/c1-15-12-20-18(22-19(23(32)26-20)14-25-29(22)16-4-2-3-5-16)13-17(15)24(33)28-10-8-27(9-11-28)7-6-21(30)31/h12-14,16H,2-11H2,1H3,(H,26,32)(H,30,31). The molecule has 2 aliphatic rings. The van der Waals surface area contributed by atoms with E-state index < -0.39 is 5.97 Å². The predicted octanol–water partition coefficient (Wildman–Crippen LogP) is 2.53. The van der Waals surface area contributed by atoms with Crippen LogP contribution < -0.4 is 5.56 Å². The van der Waals surface area contributed by atoms with E-state index in [0.717, 1.165) is 47.7 Å². The Morgan fingerprint density at radius 3 is 2.55 bits per heavy atom. The van der Waals surface area contributed by atoms with Gasteiger partial charge in [0.05, 0.1) is 35.1 Å². The second-order valence-corrected chi connectivity index (χ2v) is 9.23. The summed E-state index contributed by atoms with van der Waals surface area (Å²) in [5.74, 6) is -0.833. The maximum Gasteiger partial charge on any atom is 0.304 e. The second-order valence-electron chi connectivity index (χ2n) is 9.23. The molecule has 2 fully saturated rings. The number of H-pyrrole nitrogens is 1. The molecule has 3 heterocycles. The Balaban J connectivity index is 1.48. The summed E-state index contributed by atoms with van der Waals surface area (Å²) >= 11 is 0. The fraction of sp³-hybridized carbons (Fsp3) is 0.500. The molecule has 33 heavy (non-hydrogen) atoms. The van der Waals surface area contributed by atoms with Crippen molar-refractivity contribution < 1.29 is 14.7 Å². The van der Waals surface area contributed by atoms with Gasteiger partial charge in [-0.1, -0.05) is 12.8 Å². The topological polar surface area (TPSA) is 112 Å². The Hall–Kier alpha value is -3.20. The molecule has 2 N–H and O–H groups in total. The number of nitrogens with one attached hydrogen (secondary N) is 1. The van der Waals surface area contributed by atoms with Gasteiger partial charge < -0.3 is 15.0 Å². The number of aromatic nitrogens is 3. The molecule has 1 aromatic carbocycles. The zero-order valence-electron chi connectivity index (χ0n) is 18.8. The van der Waals surface area contributed by atoms with Crippen molar-refractivity contribution in [3.05, 3.63) is 39.8 Å². The lowest BCUT2D eigenvalue weighted by molar-refractivity contribution is -0.137. The van der Waals surface area contributed by atoms with Crippen LogP contribution in [-0.4, -0.2) is 74.3 Å². The number of aliphatic carboxylic acids is 1. The molecule has 1 amide bonds. The van der Waals surface area contributed by atoms with Crippen molar-refractivity contribution in [3.63, 3.8) is 0 Å². The fourth-order valence-electron chi connectivity index (χ4n) is 5.25. The summed E-state index contributed by atoms with van der Waals surface area (Å²) in [6.07, 6.45) is 6.18. The number of rotatable bonds is 5. The van der Waals surface area contributed by atoms with Crippen LogP contribution in [-0.2, 0) is 4.79 Å². The lowest BCUT2D eigenvalue weighted by Gasteiger charge is -2.34. The summed E-state index contributed by atoms with van der Waals surface area (Å²) in [7, 11) is 0. The summed E-state index contributed by atoms with van der Waals surface area (Å²) in [6, 6.07) is 4.08. The van der Waals surface area contributed by atoms with Crippen LogP contribution in [0.5, 0.6) is 0 Å². The Morgan fingerprint density at radius 2 is 1.85 bits per heavy atom. The van der Waals surface area contributed by atoms with E-state index in [2.05, 4.69) is 15.0 Å². The van der Waals surface area contributed by atoms with E-state index in [1.54, 1.807) is 6.20 Å². The van der Waals surface area contributed by atoms with Crippen LogP contribution in [0.3, 0.4) is 0 Å². The number of carbonyl (C=O) groups is 2. The van der Waals surface area contributed by atoms with Gasteiger partial charge in [-0.25, -0.2) is 0 Å². The van der Waals surface area contributed by atoms with Gasteiger partial charge in [0.25, 0.3) is 11.5 Å². The molecule has 0 bridgehead atoms. The number of aromatic amines is 1. The molecule has 1 aliphatic carbocycles. The maximum atomic E-state index is 13.4. The lowest BCUT2D eigenvalue weighted by atomic mass is 10.0. The highest BCUT2D eigenvalue weighted by atomic mass is 16.4. The summed E-state index contributed by atoms with van der Waals surface area (Å²) in [4.78, 5) is 43.8. The molecule has 0 unspecified atom stereocenters. The molecule has 0 spiro atoms. The zero-order valence-corrected chi connectivity index (χ0v) is 18.8. The van der Waals surface area contributed by atoms with Crippen LogP contribution >= 0.6 is 0 Å². The number of benzene rings is 1. The Bertz CT molecular complexity index is 1280. The van der Waals surface area contributed by atoms with Crippen molar-refractivity contribution in [2.45, 2.75) is 45.1 Å². The molecule has 0 radical (unpaired) electrons. The molecule has 9 nitrogen and oxygen atoms in total. The van der Waals surface area contributed by atoms with Gasteiger partial charge in [0.2, 0.25) is 0 Å². The molecule has 1 saturated carbocycles. The molecule has 0 atom stereocenters. The molecule has 174 valence electrons. The Morgan fingerprint density at radius 1 is 1.12 bits per heavy atom. The van der Waals surface area contributed by atoms with Crippen molar-refractivity contribution >= 4 is 33.7 Å². The third kappa shape index (κ3) is 4.01. The fourth-order valence-corrected chi connectivity index (χ4v) is 5.25. The van der Waals surface area contributed by atoms with E-state index in [9.17, 15) is 14.4 Å². The largest absolute Gasteiger partial charge is 0.481 e. The van der Waals surface area contributed by atoms with E-state index in [4.69, 9.17) is 5.11 Å². The minimum Gasteiger partial charge on any atom is -0.481 e. The molecule has 1 saturated heterocycles. The highest BCUT2D eigenvalue weighted by Gasteiger charge is 2.26. The first-order chi connectivity index (χ1) is 15.9. The van der Waals surface area contributed by atoms with E-state index in [0.29, 0.717) is 43.7 Å². The first kappa shape index (κ1) is 21.6. The second kappa shape index (κ2) is 8.62. The quantitative estimate of drug-likeness (QED) is 0.617. The minimum atomic E-state index is -0.804. The number of nitrogens with zero attached hydrogens (tertiary/aromatic N) is 4. The van der Waals surface area contributed by atoms with Crippen molar-refractivity contribution in [1.82, 2.24) is 24.6 Å². The first-order valence-corrected chi connectivity index (χ1v) is 11.7. The summed E-state index contributed by atoms with van der Waals surface area (Å²) in [5, 5.41) is 14.9. The molecule has 2 aromatic heterocycles. The highest BCUT2D eigenvalue weighted by molar-refractivity contribution is 6.07. The van der Waals surface area contributed by atoms with Crippen LogP contribution in [0.2, 0.25) is 0 Å². The van der Waals surface area contributed by atoms with E-state index in [1.165, 1.54) is 0 Å². The average Bonchev–Trinajstić information content (AvgIpc) is 3.47. The van der Waals surface area contributed by atoms with Crippen LogP contribution in [0.15, 0.2) is 23.1 Å². The lowest BCUT2D eigenvalue weighted by Crippen LogP contribution is -2.49. The van der Waals surface area contributed by atoms with Gasteiger partial charge in [-0.2, -0.15) is 5.10 Å². The van der Waals surface area contributed by atoms with Gasteiger partial charge in [0.15, 0.2) is 0 Å². The van der Waals surface area contributed by atoms with Crippen LogP contribution in [0.25, 0.3) is 21.8 Å². The number of hydrogen-bond donors (Lipinski definition) is 2. The van der Waals surface area contributed by atoms with Crippen molar-refractivity contribution in [1.29, 1.82) is 0 Å². The summed E-state index contributed by atoms with van der Waals surface area (Å²) in [5.41, 5.74) is 2.84. The summed E-state index contributed by atoms with van der Waals surface area (Å²) in [6.45, 7) is 4.86. The predicted molar refractivity (Wildman–Crippen MR) is 125 cm³/mol. The number of hydrogen-bond acceptors (Lipinski definition) is 5. The number of aryl methyl sites for hydroxylation is 1. The smallest absolute Gasteiger partial charge is 0.304 e. The Labute approximate surface area is 191 Å². The number of carboxylic acid groups (broad SMARTS) is 1.